The summed E-state index contributed by atoms with van der Waals surface area (Å²) in [4.78, 5) is 14.7. The van der Waals surface area contributed by atoms with E-state index in [0.717, 1.165) is 38.8 Å². The van der Waals surface area contributed by atoms with Gasteiger partial charge in [-0.3, -0.25) is 4.79 Å². The zero-order valence-electron chi connectivity index (χ0n) is 15.0. The van der Waals surface area contributed by atoms with Crippen LogP contribution in [0.2, 0.25) is 0 Å². The Balaban J connectivity index is 0.00000288. The lowest BCUT2D eigenvalue weighted by molar-refractivity contribution is -0.134. The molecule has 5 nitrogen and oxygen atoms in total. The van der Waals surface area contributed by atoms with Crippen LogP contribution in [0, 0.1) is 11.8 Å². The summed E-state index contributed by atoms with van der Waals surface area (Å²) >= 11 is 0. The third-order valence-corrected chi connectivity index (χ3v) is 7.16. The van der Waals surface area contributed by atoms with E-state index in [4.69, 9.17) is 0 Å². The van der Waals surface area contributed by atoms with Crippen molar-refractivity contribution in [3.63, 3.8) is 0 Å². The fourth-order valence-corrected chi connectivity index (χ4v) is 5.56. The number of amides is 1. The molecule has 0 aliphatic carbocycles. The standard InChI is InChI=1S/C17H32N2O3S.ClH/c1-3-4-10-19(16-7-11-23(21,22)13-16)17(20)12-14(2)15-5-8-18-9-6-15;/h14-16,18H,3-13H2,1-2H3;1H. The van der Waals surface area contributed by atoms with Crippen LogP contribution in [0.4, 0.5) is 0 Å². The van der Waals surface area contributed by atoms with Gasteiger partial charge in [0.2, 0.25) is 5.91 Å². The summed E-state index contributed by atoms with van der Waals surface area (Å²) in [5, 5.41) is 3.37. The number of sulfone groups is 1. The van der Waals surface area contributed by atoms with Crippen molar-refractivity contribution in [1.82, 2.24) is 10.2 Å². The molecule has 1 amide bonds. The molecule has 1 N–H and O–H groups in total. The second kappa shape index (κ2) is 9.97. The number of unbranched alkanes of at least 4 members (excludes halogenated alkanes) is 1. The highest BCUT2D eigenvalue weighted by Gasteiger charge is 2.35. The van der Waals surface area contributed by atoms with Crippen LogP contribution in [0.5, 0.6) is 0 Å². The zero-order valence-corrected chi connectivity index (χ0v) is 16.6. The molecule has 142 valence electrons. The molecule has 2 aliphatic heterocycles. The highest BCUT2D eigenvalue weighted by atomic mass is 35.5. The van der Waals surface area contributed by atoms with Gasteiger partial charge in [0.15, 0.2) is 9.84 Å². The molecule has 24 heavy (non-hydrogen) atoms. The van der Waals surface area contributed by atoms with Crippen molar-refractivity contribution >= 4 is 28.2 Å². The maximum Gasteiger partial charge on any atom is 0.223 e. The molecule has 2 saturated heterocycles. The van der Waals surface area contributed by atoms with Crippen molar-refractivity contribution in [3.05, 3.63) is 0 Å². The summed E-state index contributed by atoms with van der Waals surface area (Å²) in [6, 6.07) is -0.0979. The summed E-state index contributed by atoms with van der Waals surface area (Å²) in [5.41, 5.74) is 0. The Hall–Kier alpha value is -0.330. The third-order valence-electron chi connectivity index (χ3n) is 5.41. The molecular weight excluding hydrogens is 348 g/mol. The van der Waals surface area contributed by atoms with Gasteiger partial charge in [0.05, 0.1) is 11.5 Å². The molecule has 2 unspecified atom stereocenters. The van der Waals surface area contributed by atoms with Crippen molar-refractivity contribution in [2.75, 3.05) is 31.1 Å². The first kappa shape index (κ1) is 21.7. The van der Waals surface area contributed by atoms with E-state index in [0.29, 0.717) is 31.2 Å². The van der Waals surface area contributed by atoms with Gasteiger partial charge in [-0.2, -0.15) is 0 Å². The molecule has 0 spiro atoms. The normalized spacial score (nSPS) is 25.0. The van der Waals surface area contributed by atoms with Gasteiger partial charge in [0.1, 0.15) is 0 Å². The Morgan fingerprint density at radius 3 is 2.46 bits per heavy atom. The molecule has 2 atom stereocenters. The minimum atomic E-state index is -2.95. The van der Waals surface area contributed by atoms with Crippen molar-refractivity contribution in [2.45, 2.75) is 58.4 Å². The van der Waals surface area contributed by atoms with Crippen LogP contribution in [0.15, 0.2) is 0 Å². The summed E-state index contributed by atoms with van der Waals surface area (Å²) < 4.78 is 23.5. The lowest BCUT2D eigenvalue weighted by Crippen LogP contribution is -2.43. The summed E-state index contributed by atoms with van der Waals surface area (Å²) in [6.45, 7) is 7.07. The van der Waals surface area contributed by atoms with E-state index in [2.05, 4.69) is 19.2 Å². The molecule has 2 fully saturated rings. The Kier molecular flexibility index (Phi) is 9.02. The van der Waals surface area contributed by atoms with E-state index in [9.17, 15) is 13.2 Å². The van der Waals surface area contributed by atoms with E-state index in [1.165, 1.54) is 0 Å². The van der Waals surface area contributed by atoms with E-state index in [1.54, 1.807) is 0 Å². The van der Waals surface area contributed by atoms with Crippen molar-refractivity contribution in [1.29, 1.82) is 0 Å². The first-order valence-electron chi connectivity index (χ1n) is 9.13. The molecule has 0 bridgehead atoms. The molecule has 0 aromatic heterocycles. The zero-order chi connectivity index (χ0) is 16.9. The third kappa shape index (κ3) is 6.19. The Morgan fingerprint density at radius 1 is 1.25 bits per heavy atom. The SMILES string of the molecule is CCCCN(C(=O)CC(C)C1CCNCC1)C1CCS(=O)(=O)C1.Cl. The van der Waals surface area contributed by atoms with Crippen molar-refractivity contribution in [2.24, 2.45) is 11.8 Å². The van der Waals surface area contributed by atoms with E-state index in [1.807, 2.05) is 4.90 Å². The van der Waals surface area contributed by atoms with Gasteiger partial charge < -0.3 is 10.2 Å². The number of halogens is 1. The number of carbonyl (C=O) groups is 1. The second-order valence-electron chi connectivity index (χ2n) is 7.27. The minimum Gasteiger partial charge on any atom is -0.339 e. The molecule has 7 heteroatoms. The fourth-order valence-electron chi connectivity index (χ4n) is 3.83. The van der Waals surface area contributed by atoms with E-state index in [-0.39, 0.29) is 35.9 Å². The van der Waals surface area contributed by atoms with Gasteiger partial charge in [-0.25, -0.2) is 8.42 Å². The number of carbonyl (C=O) groups excluding carboxylic acids is 1. The molecule has 2 rings (SSSR count). The number of hydrogen-bond acceptors (Lipinski definition) is 4. The predicted octanol–water partition coefficient (Wildman–Crippen LogP) is 2.25. The summed E-state index contributed by atoms with van der Waals surface area (Å²) in [6.07, 6.45) is 5.42. The first-order valence-corrected chi connectivity index (χ1v) is 11.0. The smallest absolute Gasteiger partial charge is 0.223 e. The van der Waals surface area contributed by atoms with Crippen molar-refractivity contribution < 1.29 is 13.2 Å². The Labute approximate surface area is 153 Å². The molecule has 0 saturated carbocycles. The number of nitrogens with zero attached hydrogens (tertiary/aromatic N) is 1. The Morgan fingerprint density at radius 2 is 1.92 bits per heavy atom. The number of hydrogen-bond donors (Lipinski definition) is 1. The van der Waals surface area contributed by atoms with E-state index >= 15 is 0 Å². The van der Waals surface area contributed by atoms with Crippen LogP contribution in [0.25, 0.3) is 0 Å². The number of rotatable bonds is 7. The van der Waals surface area contributed by atoms with Crippen LogP contribution in [-0.2, 0) is 14.6 Å². The first-order chi connectivity index (χ1) is 10.9. The molecule has 0 aromatic carbocycles. The fraction of sp³-hybridized carbons (Fsp3) is 0.941. The lowest BCUT2D eigenvalue weighted by Gasteiger charge is -2.32. The monoisotopic (exact) mass is 380 g/mol. The lowest BCUT2D eigenvalue weighted by atomic mass is 9.84. The van der Waals surface area contributed by atoms with E-state index < -0.39 is 9.84 Å². The maximum absolute atomic E-state index is 12.8. The summed E-state index contributed by atoms with van der Waals surface area (Å²) in [5.74, 6) is 1.54. The largest absolute Gasteiger partial charge is 0.339 e. The van der Waals surface area contributed by atoms with Gasteiger partial charge in [-0.05, 0) is 50.6 Å². The number of nitrogens with one attached hydrogen (secondary N) is 1. The average molecular weight is 381 g/mol. The van der Waals surface area contributed by atoms with Gasteiger partial charge in [-0.15, -0.1) is 12.4 Å². The minimum absolute atomic E-state index is 0. The quantitative estimate of drug-likeness (QED) is 0.735. The van der Waals surface area contributed by atoms with Gasteiger partial charge >= 0.3 is 0 Å². The predicted molar refractivity (Wildman–Crippen MR) is 100 cm³/mol. The second-order valence-corrected chi connectivity index (χ2v) is 9.50. The number of piperidine rings is 1. The van der Waals surface area contributed by atoms with Gasteiger partial charge in [0.25, 0.3) is 0 Å². The molecule has 2 aliphatic rings. The van der Waals surface area contributed by atoms with Gasteiger partial charge in [-0.1, -0.05) is 20.3 Å². The maximum atomic E-state index is 12.8. The molecule has 2 heterocycles. The van der Waals surface area contributed by atoms with Crippen LogP contribution in [0.3, 0.4) is 0 Å². The molecular formula is C17H33ClN2O3S. The van der Waals surface area contributed by atoms with Gasteiger partial charge in [0, 0.05) is 19.0 Å². The molecule has 0 aromatic rings. The highest BCUT2D eigenvalue weighted by Crippen LogP contribution is 2.26. The van der Waals surface area contributed by atoms with Crippen LogP contribution in [0.1, 0.15) is 52.4 Å². The topological polar surface area (TPSA) is 66.5 Å². The van der Waals surface area contributed by atoms with Crippen LogP contribution < -0.4 is 5.32 Å². The summed E-state index contributed by atoms with van der Waals surface area (Å²) in [7, 11) is -2.95. The average Bonchev–Trinajstić information content (AvgIpc) is 2.88. The Bertz CT molecular complexity index is 492. The molecule has 0 radical (unpaired) electrons. The highest BCUT2D eigenvalue weighted by molar-refractivity contribution is 7.91. The van der Waals surface area contributed by atoms with Crippen molar-refractivity contribution in [3.8, 4) is 0 Å². The van der Waals surface area contributed by atoms with Crippen LogP contribution in [-0.4, -0.2) is 56.4 Å². The van der Waals surface area contributed by atoms with Crippen LogP contribution >= 0.6 is 12.4 Å².